The maximum atomic E-state index is 12.1. The summed E-state index contributed by atoms with van der Waals surface area (Å²) >= 11 is 1.22. The molecule has 2 aromatic rings. The van der Waals surface area contributed by atoms with Crippen molar-refractivity contribution in [2.24, 2.45) is 0 Å². The van der Waals surface area contributed by atoms with E-state index in [1.165, 1.54) is 11.3 Å². The van der Waals surface area contributed by atoms with Crippen LogP contribution in [0, 0.1) is 6.92 Å². The van der Waals surface area contributed by atoms with Gasteiger partial charge in [0.15, 0.2) is 5.13 Å². The number of carbonyl (C=O) groups excluding carboxylic acids is 2. The molecule has 1 amide bonds. The van der Waals surface area contributed by atoms with E-state index in [0.29, 0.717) is 41.3 Å². The summed E-state index contributed by atoms with van der Waals surface area (Å²) in [6, 6.07) is 0. The molecule has 4 heterocycles. The fourth-order valence-electron chi connectivity index (χ4n) is 3.67. The Labute approximate surface area is 178 Å². The molecule has 0 bridgehead atoms. The van der Waals surface area contributed by atoms with Crippen LogP contribution in [0.3, 0.4) is 0 Å². The predicted octanol–water partition coefficient (Wildman–Crippen LogP) is 1.48. The van der Waals surface area contributed by atoms with Crippen molar-refractivity contribution >= 4 is 45.9 Å². The molecular weight excluding hydrogens is 406 g/mol. The van der Waals surface area contributed by atoms with E-state index in [2.05, 4.69) is 27.4 Å². The molecule has 0 saturated carbocycles. The molecule has 4 rings (SSSR count). The van der Waals surface area contributed by atoms with Crippen molar-refractivity contribution in [2.75, 3.05) is 54.4 Å². The van der Waals surface area contributed by atoms with E-state index in [4.69, 9.17) is 14.7 Å². The minimum Gasteiger partial charge on any atom is -0.462 e. The van der Waals surface area contributed by atoms with Gasteiger partial charge in [-0.15, -0.1) is 0 Å². The molecule has 0 unspecified atom stereocenters. The SMILES string of the molecule is CCOC(=O)c1sc(Nc2nc3c(c(N4CCNC(=O)C4)n2)CCN3CC)nc1C. The second kappa shape index (κ2) is 8.42. The van der Waals surface area contributed by atoms with Gasteiger partial charge in [-0.1, -0.05) is 11.3 Å². The van der Waals surface area contributed by atoms with Gasteiger partial charge in [0.2, 0.25) is 11.9 Å². The zero-order valence-corrected chi connectivity index (χ0v) is 18.1. The first kappa shape index (κ1) is 20.3. The highest BCUT2D eigenvalue weighted by atomic mass is 32.1. The van der Waals surface area contributed by atoms with Crippen molar-refractivity contribution in [3.8, 4) is 0 Å². The normalized spacial score (nSPS) is 15.8. The lowest BCUT2D eigenvalue weighted by molar-refractivity contribution is -0.120. The number of aryl methyl sites for hydroxylation is 1. The van der Waals surface area contributed by atoms with Gasteiger partial charge >= 0.3 is 5.97 Å². The number of likely N-dealkylation sites (N-methyl/N-ethyl adjacent to an activating group) is 1. The molecular formula is C19H25N7O3S. The van der Waals surface area contributed by atoms with Crippen LogP contribution in [-0.4, -0.2) is 66.2 Å². The Morgan fingerprint density at radius 1 is 1.23 bits per heavy atom. The zero-order chi connectivity index (χ0) is 21.3. The molecule has 2 aliphatic rings. The molecule has 160 valence electrons. The lowest BCUT2D eigenvalue weighted by Gasteiger charge is -2.29. The number of carbonyl (C=O) groups is 2. The van der Waals surface area contributed by atoms with Crippen molar-refractivity contribution in [3.63, 3.8) is 0 Å². The smallest absolute Gasteiger partial charge is 0.350 e. The summed E-state index contributed by atoms with van der Waals surface area (Å²) in [6.45, 7) is 9.23. The fourth-order valence-corrected chi connectivity index (χ4v) is 4.53. The number of ether oxygens (including phenoxy) is 1. The van der Waals surface area contributed by atoms with Crippen LogP contribution in [0.15, 0.2) is 0 Å². The van der Waals surface area contributed by atoms with Crippen LogP contribution in [0.2, 0.25) is 0 Å². The quantitative estimate of drug-likeness (QED) is 0.657. The second-order valence-corrected chi connectivity index (χ2v) is 8.05. The predicted molar refractivity (Wildman–Crippen MR) is 115 cm³/mol. The lowest BCUT2D eigenvalue weighted by Crippen LogP contribution is -2.48. The average molecular weight is 432 g/mol. The number of fused-ring (bicyclic) bond motifs is 1. The molecule has 0 aromatic carbocycles. The number of piperazine rings is 1. The Balaban J connectivity index is 1.67. The van der Waals surface area contributed by atoms with Crippen LogP contribution in [0.25, 0.3) is 0 Å². The third kappa shape index (κ3) is 3.89. The third-order valence-corrected chi connectivity index (χ3v) is 6.14. The standard InChI is InChI=1S/C19H25N7O3S/c1-4-25-8-6-12-15(25)22-18(23-16(12)26-9-7-20-13(27)10-26)24-19-21-11(3)14(30-19)17(28)29-5-2/h4-10H2,1-3H3,(H,20,27)(H,21,22,23,24). The average Bonchev–Trinajstić information content (AvgIpc) is 3.30. The molecule has 2 aromatic heterocycles. The Morgan fingerprint density at radius 3 is 2.77 bits per heavy atom. The van der Waals surface area contributed by atoms with Gasteiger partial charge in [0.25, 0.3) is 0 Å². The topological polar surface area (TPSA) is 113 Å². The van der Waals surface area contributed by atoms with Gasteiger partial charge in [-0.2, -0.15) is 9.97 Å². The van der Waals surface area contributed by atoms with Gasteiger partial charge < -0.3 is 19.9 Å². The largest absolute Gasteiger partial charge is 0.462 e. The number of esters is 1. The van der Waals surface area contributed by atoms with E-state index in [0.717, 1.165) is 36.7 Å². The van der Waals surface area contributed by atoms with Crippen LogP contribution in [0.1, 0.15) is 34.8 Å². The van der Waals surface area contributed by atoms with E-state index in [-0.39, 0.29) is 18.4 Å². The van der Waals surface area contributed by atoms with Crippen molar-refractivity contribution in [2.45, 2.75) is 27.2 Å². The first-order chi connectivity index (χ1) is 14.5. The molecule has 2 aliphatic heterocycles. The maximum Gasteiger partial charge on any atom is 0.350 e. The first-order valence-corrected chi connectivity index (χ1v) is 10.9. The van der Waals surface area contributed by atoms with Gasteiger partial charge in [-0.25, -0.2) is 9.78 Å². The summed E-state index contributed by atoms with van der Waals surface area (Å²) in [7, 11) is 0. The number of nitrogens with zero attached hydrogens (tertiary/aromatic N) is 5. The van der Waals surface area contributed by atoms with Crippen LogP contribution in [0.4, 0.5) is 22.7 Å². The molecule has 0 spiro atoms. The molecule has 0 atom stereocenters. The van der Waals surface area contributed by atoms with Gasteiger partial charge in [-0.3, -0.25) is 10.1 Å². The molecule has 0 radical (unpaired) electrons. The Kier molecular flexibility index (Phi) is 5.71. The first-order valence-electron chi connectivity index (χ1n) is 10.1. The minimum atomic E-state index is -0.382. The van der Waals surface area contributed by atoms with E-state index in [1.807, 2.05) is 4.90 Å². The van der Waals surface area contributed by atoms with E-state index < -0.39 is 0 Å². The van der Waals surface area contributed by atoms with Crippen molar-refractivity contribution in [3.05, 3.63) is 16.1 Å². The summed E-state index contributed by atoms with van der Waals surface area (Å²) in [5.41, 5.74) is 1.67. The van der Waals surface area contributed by atoms with Crippen LogP contribution in [0.5, 0.6) is 0 Å². The number of hydrogen-bond donors (Lipinski definition) is 2. The molecule has 1 saturated heterocycles. The van der Waals surface area contributed by atoms with E-state index >= 15 is 0 Å². The summed E-state index contributed by atoms with van der Waals surface area (Å²) in [6.07, 6.45) is 0.847. The molecule has 11 heteroatoms. The number of rotatable bonds is 6. The molecule has 1 fully saturated rings. The summed E-state index contributed by atoms with van der Waals surface area (Å²) in [5.74, 6) is 1.68. The highest BCUT2D eigenvalue weighted by Crippen LogP contribution is 2.35. The third-order valence-electron chi connectivity index (χ3n) is 5.09. The highest BCUT2D eigenvalue weighted by Gasteiger charge is 2.29. The van der Waals surface area contributed by atoms with E-state index in [1.54, 1.807) is 13.8 Å². The van der Waals surface area contributed by atoms with Crippen LogP contribution >= 0.6 is 11.3 Å². The van der Waals surface area contributed by atoms with Gasteiger partial charge in [0.1, 0.15) is 16.5 Å². The number of aromatic nitrogens is 3. The van der Waals surface area contributed by atoms with Crippen molar-refractivity contribution in [1.82, 2.24) is 20.3 Å². The second-order valence-electron chi connectivity index (χ2n) is 7.05. The monoisotopic (exact) mass is 431 g/mol. The number of anilines is 4. The van der Waals surface area contributed by atoms with Gasteiger partial charge in [0.05, 0.1) is 18.8 Å². The van der Waals surface area contributed by atoms with Crippen LogP contribution < -0.4 is 20.4 Å². The van der Waals surface area contributed by atoms with Crippen LogP contribution in [-0.2, 0) is 16.0 Å². The Morgan fingerprint density at radius 2 is 2.03 bits per heavy atom. The number of nitrogens with one attached hydrogen (secondary N) is 2. The summed E-state index contributed by atoms with van der Waals surface area (Å²) < 4.78 is 5.09. The number of hydrogen-bond acceptors (Lipinski definition) is 10. The summed E-state index contributed by atoms with van der Waals surface area (Å²) in [5, 5.41) is 6.53. The van der Waals surface area contributed by atoms with Gasteiger partial charge in [0, 0.05) is 31.7 Å². The molecule has 0 aliphatic carbocycles. The van der Waals surface area contributed by atoms with Crippen molar-refractivity contribution < 1.29 is 14.3 Å². The zero-order valence-electron chi connectivity index (χ0n) is 17.3. The van der Waals surface area contributed by atoms with Crippen molar-refractivity contribution in [1.29, 1.82) is 0 Å². The minimum absolute atomic E-state index is 0.0110. The number of amides is 1. The Hall–Kier alpha value is -2.95. The molecule has 10 nitrogen and oxygen atoms in total. The number of thiazole rings is 1. The Bertz CT molecular complexity index is 977. The maximum absolute atomic E-state index is 12.1. The highest BCUT2D eigenvalue weighted by molar-refractivity contribution is 7.17. The molecule has 30 heavy (non-hydrogen) atoms. The summed E-state index contributed by atoms with van der Waals surface area (Å²) in [4.78, 5) is 42.6. The van der Waals surface area contributed by atoms with Gasteiger partial charge in [-0.05, 0) is 27.2 Å². The molecule has 2 N–H and O–H groups in total. The fraction of sp³-hybridized carbons (Fsp3) is 0.526. The lowest BCUT2D eigenvalue weighted by atomic mass is 10.2. The van der Waals surface area contributed by atoms with E-state index in [9.17, 15) is 9.59 Å².